The molecule has 0 saturated heterocycles. The molecule has 0 spiro atoms. The van der Waals surface area contributed by atoms with Crippen molar-refractivity contribution < 1.29 is 14.0 Å². The number of pyridine rings is 1. The molecule has 0 atom stereocenters. The molecule has 1 aliphatic heterocycles. The summed E-state index contributed by atoms with van der Waals surface area (Å²) in [7, 11) is 0. The number of hydrogen-bond acceptors (Lipinski definition) is 4. The smallest absolute Gasteiger partial charge is 0.284 e. The van der Waals surface area contributed by atoms with E-state index >= 15 is 0 Å². The Balaban J connectivity index is 2.14. The van der Waals surface area contributed by atoms with E-state index in [2.05, 4.69) is 4.98 Å². The molecule has 5 nitrogen and oxygen atoms in total. The lowest BCUT2D eigenvalue weighted by atomic mass is 10.2. The Labute approximate surface area is 107 Å². The van der Waals surface area contributed by atoms with Gasteiger partial charge in [-0.05, 0) is 30.3 Å². The van der Waals surface area contributed by atoms with E-state index in [0.717, 1.165) is 17.0 Å². The second kappa shape index (κ2) is 3.88. The van der Waals surface area contributed by atoms with Gasteiger partial charge >= 0.3 is 0 Å². The number of imide groups is 1. The highest BCUT2D eigenvalue weighted by Gasteiger charge is 2.38. The molecule has 1 aromatic heterocycles. The van der Waals surface area contributed by atoms with Crippen LogP contribution in [0.3, 0.4) is 0 Å². The van der Waals surface area contributed by atoms with E-state index in [0.29, 0.717) is 0 Å². The van der Waals surface area contributed by atoms with Gasteiger partial charge in [-0.1, -0.05) is 0 Å². The van der Waals surface area contributed by atoms with Gasteiger partial charge in [-0.3, -0.25) is 14.6 Å². The van der Waals surface area contributed by atoms with Crippen LogP contribution < -0.4 is 10.6 Å². The van der Waals surface area contributed by atoms with Crippen LogP contribution in [0.2, 0.25) is 0 Å². The van der Waals surface area contributed by atoms with Crippen molar-refractivity contribution in [2.45, 2.75) is 0 Å². The zero-order chi connectivity index (χ0) is 13.6. The second-order valence-corrected chi connectivity index (χ2v) is 4.05. The maximum absolute atomic E-state index is 13.0. The largest absolute Gasteiger partial charge is 0.397 e. The predicted molar refractivity (Wildman–Crippen MR) is 66.2 cm³/mol. The molecule has 2 aromatic rings. The molecular weight excluding hydrogens is 249 g/mol. The summed E-state index contributed by atoms with van der Waals surface area (Å²) in [6, 6.07) is 6.59. The first kappa shape index (κ1) is 11.3. The maximum atomic E-state index is 13.0. The van der Waals surface area contributed by atoms with E-state index in [1.165, 1.54) is 18.3 Å². The summed E-state index contributed by atoms with van der Waals surface area (Å²) >= 11 is 0. The molecule has 2 heterocycles. The van der Waals surface area contributed by atoms with E-state index < -0.39 is 17.6 Å². The molecule has 0 aliphatic carbocycles. The molecule has 0 fully saturated rings. The van der Waals surface area contributed by atoms with Gasteiger partial charge in [-0.15, -0.1) is 0 Å². The van der Waals surface area contributed by atoms with Crippen molar-refractivity contribution in [2.75, 3.05) is 10.6 Å². The molecular formula is C13H8FN3O2. The monoisotopic (exact) mass is 257 g/mol. The molecule has 3 rings (SSSR count). The van der Waals surface area contributed by atoms with E-state index in [1.807, 2.05) is 0 Å². The van der Waals surface area contributed by atoms with E-state index in [1.54, 1.807) is 6.07 Å². The number of amides is 2. The average Bonchev–Trinajstić information content (AvgIpc) is 2.64. The summed E-state index contributed by atoms with van der Waals surface area (Å²) in [6.07, 6.45) is 1.43. The summed E-state index contributed by atoms with van der Waals surface area (Å²) in [5.41, 5.74) is 6.14. The number of hydrogen-bond donors (Lipinski definition) is 1. The van der Waals surface area contributed by atoms with Crippen LogP contribution in [0.5, 0.6) is 0 Å². The Hall–Kier alpha value is -2.76. The topological polar surface area (TPSA) is 76.3 Å². The Kier molecular flexibility index (Phi) is 2.31. The van der Waals surface area contributed by atoms with E-state index in [9.17, 15) is 14.0 Å². The Morgan fingerprint density at radius 3 is 2.63 bits per heavy atom. The minimum Gasteiger partial charge on any atom is -0.397 e. The Morgan fingerprint density at radius 1 is 1.16 bits per heavy atom. The molecule has 2 N–H and O–H groups in total. The number of carbonyl (C=O) groups is 2. The third-order valence-corrected chi connectivity index (χ3v) is 2.88. The second-order valence-electron chi connectivity index (χ2n) is 4.05. The molecule has 19 heavy (non-hydrogen) atoms. The van der Waals surface area contributed by atoms with Crippen LogP contribution >= 0.6 is 0 Å². The first-order chi connectivity index (χ1) is 9.09. The third kappa shape index (κ3) is 1.57. The van der Waals surface area contributed by atoms with Gasteiger partial charge in [0, 0.05) is 6.20 Å². The third-order valence-electron chi connectivity index (χ3n) is 2.88. The van der Waals surface area contributed by atoms with E-state index in [-0.39, 0.29) is 22.6 Å². The highest BCUT2D eigenvalue weighted by Crippen LogP contribution is 2.31. The number of aromatic nitrogens is 1. The van der Waals surface area contributed by atoms with Crippen LogP contribution in [0.25, 0.3) is 0 Å². The summed E-state index contributed by atoms with van der Waals surface area (Å²) in [4.78, 5) is 29.1. The van der Waals surface area contributed by atoms with Gasteiger partial charge in [0.2, 0.25) is 0 Å². The minimum absolute atomic E-state index is 0.0227. The van der Waals surface area contributed by atoms with Gasteiger partial charge in [-0.25, -0.2) is 9.29 Å². The fourth-order valence-corrected chi connectivity index (χ4v) is 2.01. The van der Waals surface area contributed by atoms with Gasteiger partial charge in [0.1, 0.15) is 11.5 Å². The zero-order valence-electron chi connectivity index (χ0n) is 9.63. The number of nitrogens with zero attached hydrogens (tertiary/aromatic N) is 2. The zero-order valence-corrected chi connectivity index (χ0v) is 9.63. The summed E-state index contributed by atoms with van der Waals surface area (Å²) in [5, 5.41) is 0. The van der Waals surface area contributed by atoms with Crippen LogP contribution in [-0.4, -0.2) is 16.8 Å². The van der Waals surface area contributed by atoms with Gasteiger partial charge in [-0.2, -0.15) is 0 Å². The van der Waals surface area contributed by atoms with Gasteiger partial charge in [0.15, 0.2) is 0 Å². The van der Waals surface area contributed by atoms with Crippen LogP contribution in [0.1, 0.15) is 20.8 Å². The fourth-order valence-electron chi connectivity index (χ4n) is 2.01. The minimum atomic E-state index is -0.557. The maximum Gasteiger partial charge on any atom is 0.284 e. The number of rotatable bonds is 1. The van der Waals surface area contributed by atoms with Gasteiger partial charge in [0.25, 0.3) is 11.8 Å². The average molecular weight is 257 g/mol. The number of nitrogens with two attached hydrogens (primary N) is 1. The van der Waals surface area contributed by atoms with Crippen LogP contribution in [0.15, 0.2) is 36.5 Å². The molecule has 6 heteroatoms. The Bertz CT molecular complexity index is 680. The lowest BCUT2D eigenvalue weighted by Gasteiger charge is -2.15. The van der Waals surface area contributed by atoms with Crippen molar-refractivity contribution in [3.8, 4) is 0 Å². The highest BCUT2D eigenvalue weighted by molar-refractivity contribution is 6.34. The fraction of sp³-hybridized carbons (Fsp3) is 0. The van der Waals surface area contributed by atoms with Crippen LogP contribution in [-0.2, 0) is 0 Å². The lowest BCUT2D eigenvalue weighted by molar-refractivity contribution is 0.0925. The van der Waals surface area contributed by atoms with Gasteiger partial charge in [0.05, 0.1) is 16.9 Å². The van der Waals surface area contributed by atoms with Crippen molar-refractivity contribution >= 4 is 23.2 Å². The van der Waals surface area contributed by atoms with E-state index in [4.69, 9.17) is 5.73 Å². The van der Waals surface area contributed by atoms with Crippen molar-refractivity contribution in [2.24, 2.45) is 0 Å². The molecule has 0 unspecified atom stereocenters. The summed E-state index contributed by atoms with van der Waals surface area (Å²) in [6.45, 7) is 0. The molecule has 2 amide bonds. The van der Waals surface area contributed by atoms with Gasteiger partial charge < -0.3 is 5.73 Å². The molecule has 0 radical (unpaired) electrons. The quantitative estimate of drug-likeness (QED) is 0.622. The number of carbonyl (C=O) groups excluding carboxylic acids is 2. The molecule has 94 valence electrons. The molecule has 1 aromatic carbocycles. The van der Waals surface area contributed by atoms with Crippen molar-refractivity contribution in [3.05, 3.63) is 53.6 Å². The summed E-state index contributed by atoms with van der Waals surface area (Å²) < 4.78 is 13.0. The summed E-state index contributed by atoms with van der Waals surface area (Å²) in [5.74, 6) is -1.60. The Morgan fingerprint density at radius 2 is 1.95 bits per heavy atom. The molecule has 0 bridgehead atoms. The number of fused-ring (bicyclic) bond motifs is 1. The molecule has 0 saturated carbocycles. The van der Waals surface area contributed by atoms with Crippen molar-refractivity contribution in [3.63, 3.8) is 0 Å². The standard InChI is InChI=1S/C13H8FN3O2/c14-7-3-4-10(9(15)6-7)17-12(18)8-2-1-5-16-11(8)13(17)19/h1-6H,15H2. The first-order valence-electron chi connectivity index (χ1n) is 5.48. The van der Waals surface area contributed by atoms with Crippen molar-refractivity contribution in [1.29, 1.82) is 0 Å². The lowest BCUT2D eigenvalue weighted by Crippen LogP contribution is -2.30. The number of halogens is 1. The predicted octanol–water partition coefficient (Wildman–Crippen LogP) is 1.60. The number of anilines is 2. The number of nitrogen functional groups attached to an aromatic ring is 1. The van der Waals surface area contributed by atoms with Crippen LogP contribution in [0.4, 0.5) is 15.8 Å². The normalized spacial score (nSPS) is 13.8. The van der Waals surface area contributed by atoms with Crippen molar-refractivity contribution in [1.82, 2.24) is 4.98 Å². The molecule has 1 aliphatic rings. The number of benzene rings is 1. The highest BCUT2D eigenvalue weighted by atomic mass is 19.1. The van der Waals surface area contributed by atoms with Crippen LogP contribution in [0, 0.1) is 5.82 Å². The first-order valence-corrected chi connectivity index (χ1v) is 5.48. The SMILES string of the molecule is Nc1cc(F)ccc1N1C(=O)c2cccnc2C1=O.